The molecule has 1 aromatic carbocycles. The van der Waals surface area contributed by atoms with Crippen molar-refractivity contribution in [3.05, 3.63) is 17.7 Å². The Labute approximate surface area is 182 Å². The number of hydrogen-bond acceptors (Lipinski definition) is 6. The third kappa shape index (κ3) is 4.70. The van der Waals surface area contributed by atoms with Crippen molar-refractivity contribution >= 4 is 17.8 Å². The number of carbonyl (C=O) groups excluding carboxylic acids is 3. The molecule has 3 rings (SSSR count). The van der Waals surface area contributed by atoms with Crippen molar-refractivity contribution < 1.29 is 28.6 Å². The lowest BCUT2D eigenvalue weighted by Gasteiger charge is -2.36. The van der Waals surface area contributed by atoms with Crippen LogP contribution in [0.2, 0.25) is 0 Å². The van der Waals surface area contributed by atoms with Crippen LogP contribution in [0.15, 0.2) is 12.1 Å². The van der Waals surface area contributed by atoms with E-state index in [2.05, 4.69) is 0 Å². The van der Waals surface area contributed by atoms with Gasteiger partial charge in [0.15, 0.2) is 11.5 Å². The molecule has 9 heteroatoms. The number of nitrogens with zero attached hydrogens (tertiary/aromatic N) is 3. The van der Waals surface area contributed by atoms with Crippen LogP contribution in [0.3, 0.4) is 0 Å². The summed E-state index contributed by atoms with van der Waals surface area (Å²) >= 11 is 0. The average molecular weight is 434 g/mol. The Hall–Kier alpha value is -2.97. The number of imide groups is 1. The Kier molecular flexibility index (Phi) is 7.25. The monoisotopic (exact) mass is 433 g/mol. The van der Waals surface area contributed by atoms with E-state index in [0.29, 0.717) is 68.6 Å². The van der Waals surface area contributed by atoms with Gasteiger partial charge in [0.2, 0.25) is 11.7 Å². The average Bonchev–Trinajstić information content (AvgIpc) is 3.03. The van der Waals surface area contributed by atoms with Gasteiger partial charge in [-0.25, -0.2) is 4.79 Å². The minimum Gasteiger partial charge on any atom is -0.490 e. The second kappa shape index (κ2) is 9.89. The van der Waals surface area contributed by atoms with Gasteiger partial charge in [0.05, 0.1) is 19.8 Å². The van der Waals surface area contributed by atoms with Crippen LogP contribution < -0.4 is 14.2 Å². The normalized spacial score (nSPS) is 17.4. The maximum absolute atomic E-state index is 13.2. The molecule has 0 saturated carbocycles. The van der Waals surface area contributed by atoms with E-state index in [-0.39, 0.29) is 30.4 Å². The summed E-state index contributed by atoms with van der Waals surface area (Å²) < 4.78 is 17.1. The number of amides is 4. The van der Waals surface area contributed by atoms with E-state index in [0.717, 1.165) is 4.90 Å². The molecule has 0 radical (unpaired) electrons. The number of benzene rings is 1. The molecular formula is C22H31N3O6. The summed E-state index contributed by atoms with van der Waals surface area (Å²) in [5, 5.41) is 0. The number of urea groups is 1. The molecular weight excluding hydrogens is 402 g/mol. The van der Waals surface area contributed by atoms with Crippen LogP contribution in [0.25, 0.3) is 0 Å². The number of piperidine rings is 1. The van der Waals surface area contributed by atoms with Crippen LogP contribution in [-0.2, 0) is 4.79 Å². The van der Waals surface area contributed by atoms with Crippen molar-refractivity contribution in [1.29, 1.82) is 0 Å². The van der Waals surface area contributed by atoms with Gasteiger partial charge < -0.3 is 24.0 Å². The van der Waals surface area contributed by atoms with E-state index in [4.69, 9.17) is 14.2 Å². The summed E-state index contributed by atoms with van der Waals surface area (Å²) in [5.74, 6) is 1.16. The summed E-state index contributed by atoms with van der Waals surface area (Å²) in [6, 6.07) is 3.10. The predicted octanol–water partition coefficient (Wildman–Crippen LogP) is 2.38. The fourth-order valence-electron chi connectivity index (χ4n) is 3.98. The molecule has 0 spiro atoms. The molecule has 2 aliphatic heterocycles. The van der Waals surface area contributed by atoms with Crippen molar-refractivity contribution in [3.8, 4) is 17.2 Å². The molecule has 2 aliphatic rings. The van der Waals surface area contributed by atoms with Crippen LogP contribution in [0.1, 0.15) is 44.0 Å². The van der Waals surface area contributed by atoms with Crippen LogP contribution in [0, 0.1) is 0 Å². The third-order valence-electron chi connectivity index (χ3n) is 5.56. The van der Waals surface area contributed by atoms with Gasteiger partial charge in [-0.2, -0.15) is 0 Å². The van der Waals surface area contributed by atoms with Crippen molar-refractivity contribution in [2.75, 3.05) is 46.5 Å². The minimum atomic E-state index is -0.260. The van der Waals surface area contributed by atoms with Crippen LogP contribution in [-0.4, -0.2) is 85.1 Å². The first-order chi connectivity index (χ1) is 14.9. The lowest BCUT2D eigenvalue weighted by Crippen LogP contribution is -2.47. The molecule has 170 valence electrons. The van der Waals surface area contributed by atoms with Gasteiger partial charge in [0, 0.05) is 31.7 Å². The highest BCUT2D eigenvalue weighted by Gasteiger charge is 2.39. The van der Waals surface area contributed by atoms with Crippen molar-refractivity contribution in [2.24, 2.45) is 0 Å². The van der Waals surface area contributed by atoms with Crippen molar-refractivity contribution in [3.63, 3.8) is 0 Å². The number of rotatable bonds is 8. The minimum absolute atomic E-state index is 0.0382. The van der Waals surface area contributed by atoms with E-state index in [1.54, 1.807) is 21.9 Å². The summed E-state index contributed by atoms with van der Waals surface area (Å²) in [6.45, 7) is 8.08. The Morgan fingerprint density at radius 1 is 0.968 bits per heavy atom. The molecule has 2 saturated heterocycles. The zero-order valence-electron chi connectivity index (χ0n) is 18.7. The summed E-state index contributed by atoms with van der Waals surface area (Å²) in [4.78, 5) is 41.8. The standard InChI is InChI=1S/C22H31N3O6/c1-5-29-17-12-15(13-18(30-6-2)20(17)31-7-3)21(27)24-10-8-16(9-11-24)25-14-19(26)23(4)22(25)28/h12-13,16H,5-11,14H2,1-4H3. The maximum Gasteiger partial charge on any atom is 0.327 e. The second-order valence-electron chi connectivity index (χ2n) is 7.49. The van der Waals surface area contributed by atoms with Gasteiger partial charge in [0.25, 0.3) is 5.91 Å². The molecule has 0 unspecified atom stereocenters. The molecule has 4 amide bonds. The molecule has 0 aliphatic carbocycles. The smallest absolute Gasteiger partial charge is 0.327 e. The van der Waals surface area contributed by atoms with Gasteiger partial charge in [-0.05, 0) is 45.7 Å². The van der Waals surface area contributed by atoms with E-state index in [1.807, 2.05) is 20.8 Å². The van der Waals surface area contributed by atoms with Gasteiger partial charge >= 0.3 is 6.03 Å². The number of likely N-dealkylation sites (tertiary alicyclic amines) is 1. The Morgan fingerprint density at radius 3 is 1.97 bits per heavy atom. The maximum atomic E-state index is 13.2. The topological polar surface area (TPSA) is 88.6 Å². The van der Waals surface area contributed by atoms with Crippen LogP contribution in [0.4, 0.5) is 4.79 Å². The van der Waals surface area contributed by atoms with Crippen LogP contribution in [0.5, 0.6) is 17.2 Å². The van der Waals surface area contributed by atoms with E-state index in [1.165, 1.54) is 7.05 Å². The van der Waals surface area contributed by atoms with E-state index >= 15 is 0 Å². The quantitative estimate of drug-likeness (QED) is 0.585. The Bertz CT molecular complexity index is 808. The van der Waals surface area contributed by atoms with Gasteiger partial charge in [-0.3, -0.25) is 14.5 Å². The molecule has 0 aromatic heterocycles. The van der Waals surface area contributed by atoms with Crippen molar-refractivity contribution in [1.82, 2.24) is 14.7 Å². The second-order valence-corrected chi connectivity index (χ2v) is 7.49. The first kappa shape index (κ1) is 22.7. The molecule has 0 bridgehead atoms. The fraction of sp³-hybridized carbons (Fsp3) is 0.591. The van der Waals surface area contributed by atoms with Crippen molar-refractivity contribution in [2.45, 2.75) is 39.7 Å². The molecule has 2 fully saturated rings. The van der Waals surface area contributed by atoms with Gasteiger partial charge in [-0.1, -0.05) is 0 Å². The van der Waals surface area contributed by atoms with E-state index < -0.39 is 0 Å². The zero-order valence-corrected chi connectivity index (χ0v) is 18.7. The number of likely N-dealkylation sites (N-methyl/N-ethyl adjacent to an activating group) is 1. The van der Waals surface area contributed by atoms with Gasteiger partial charge in [-0.15, -0.1) is 0 Å². The van der Waals surface area contributed by atoms with E-state index in [9.17, 15) is 14.4 Å². The third-order valence-corrected chi connectivity index (χ3v) is 5.56. The highest BCUT2D eigenvalue weighted by molar-refractivity contribution is 6.01. The molecule has 0 N–H and O–H groups in total. The fourth-order valence-corrected chi connectivity index (χ4v) is 3.98. The summed E-state index contributed by atoms with van der Waals surface area (Å²) in [5.41, 5.74) is 0.473. The number of carbonyl (C=O) groups is 3. The SMILES string of the molecule is CCOc1cc(C(=O)N2CCC(N3CC(=O)N(C)C3=O)CC2)cc(OCC)c1OCC. The molecule has 9 nitrogen and oxygen atoms in total. The first-order valence-electron chi connectivity index (χ1n) is 10.8. The van der Waals surface area contributed by atoms with Crippen LogP contribution >= 0.6 is 0 Å². The summed E-state index contributed by atoms with van der Waals surface area (Å²) in [6.07, 6.45) is 1.26. The highest BCUT2D eigenvalue weighted by atomic mass is 16.5. The zero-order chi connectivity index (χ0) is 22.5. The predicted molar refractivity (Wildman–Crippen MR) is 114 cm³/mol. The lowest BCUT2D eigenvalue weighted by atomic mass is 10.0. The summed E-state index contributed by atoms with van der Waals surface area (Å²) in [7, 11) is 1.50. The largest absolute Gasteiger partial charge is 0.490 e. The molecule has 0 atom stereocenters. The first-order valence-corrected chi connectivity index (χ1v) is 10.8. The number of ether oxygens (including phenoxy) is 3. The molecule has 1 aromatic rings. The Morgan fingerprint density at radius 2 is 1.52 bits per heavy atom. The Balaban J connectivity index is 1.74. The lowest BCUT2D eigenvalue weighted by molar-refractivity contribution is -0.124. The molecule has 31 heavy (non-hydrogen) atoms. The molecule has 2 heterocycles. The highest BCUT2D eigenvalue weighted by Crippen LogP contribution is 2.39. The van der Waals surface area contributed by atoms with Gasteiger partial charge in [0.1, 0.15) is 6.54 Å². The number of hydrogen-bond donors (Lipinski definition) is 0.